The Hall–Kier alpha value is -2.57. The van der Waals surface area contributed by atoms with Gasteiger partial charge in [-0.05, 0) is 36.6 Å². The summed E-state index contributed by atoms with van der Waals surface area (Å²) in [6, 6.07) is 12.2. The van der Waals surface area contributed by atoms with Gasteiger partial charge in [0.25, 0.3) is 0 Å². The van der Waals surface area contributed by atoms with Crippen molar-refractivity contribution in [2.45, 2.75) is 25.2 Å². The third kappa shape index (κ3) is 5.48. The van der Waals surface area contributed by atoms with Gasteiger partial charge in [0, 0.05) is 19.6 Å². The highest BCUT2D eigenvalue weighted by Gasteiger charge is 2.26. The Morgan fingerprint density at radius 2 is 1.88 bits per heavy atom. The monoisotopic (exact) mass is 340 g/mol. The molecular formula is C19H24N4O2. The van der Waals surface area contributed by atoms with E-state index >= 15 is 0 Å². The average molecular weight is 340 g/mol. The highest BCUT2D eigenvalue weighted by Crippen LogP contribution is 2.28. The number of nitriles is 2. The van der Waals surface area contributed by atoms with Gasteiger partial charge in [-0.3, -0.25) is 9.69 Å². The van der Waals surface area contributed by atoms with E-state index in [4.69, 9.17) is 15.3 Å². The SMILES string of the molecule is COc1ccc(C2CCN(CC(=O)N(CCC#N)CCC#N)C2)cc1. The number of carbonyl (C=O) groups is 1. The molecule has 1 atom stereocenters. The van der Waals surface area contributed by atoms with E-state index in [-0.39, 0.29) is 5.91 Å². The number of methoxy groups -OCH3 is 1. The number of rotatable bonds is 8. The molecule has 6 heteroatoms. The summed E-state index contributed by atoms with van der Waals surface area (Å²) in [6.45, 7) is 2.87. The van der Waals surface area contributed by atoms with Gasteiger partial charge < -0.3 is 9.64 Å². The lowest BCUT2D eigenvalue weighted by atomic mass is 9.98. The molecule has 0 saturated carbocycles. The van der Waals surface area contributed by atoms with Crippen LogP contribution in [0.25, 0.3) is 0 Å². The van der Waals surface area contributed by atoms with E-state index in [0.717, 1.165) is 25.3 Å². The Bertz CT molecular complexity index is 627. The highest BCUT2D eigenvalue weighted by molar-refractivity contribution is 5.78. The molecule has 1 amide bonds. The van der Waals surface area contributed by atoms with E-state index in [0.29, 0.717) is 38.4 Å². The van der Waals surface area contributed by atoms with Gasteiger partial charge in [-0.2, -0.15) is 10.5 Å². The van der Waals surface area contributed by atoms with Crippen LogP contribution in [0.2, 0.25) is 0 Å². The highest BCUT2D eigenvalue weighted by atomic mass is 16.5. The first-order valence-electron chi connectivity index (χ1n) is 8.56. The summed E-state index contributed by atoms with van der Waals surface area (Å²) in [5, 5.41) is 17.5. The number of hydrogen-bond acceptors (Lipinski definition) is 5. The zero-order valence-electron chi connectivity index (χ0n) is 14.6. The van der Waals surface area contributed by atoms with Crippen molar-refractivity contribution < 1.29 is 9.53 Å². The number of hydrogen-bond donors (Lipinski definition) is 0. The minimum atomic E-state index is 0.000816. The first-order valence-corrected chi connectivity index (χ1v) is 8.56. The summed E-state index contributed by atoms with van der Waals surface area (Å²) in [7, 11) is 1.66. The quantitative estimate of drug-likeness (QED) is 0.724. The van der Waals surface area contributed by atoms with Crippen molar-refractivity contribution >= 4 is 5.91 Å². The molecule has 0 N–H and O–H groups in total. The van der Waals surface area contributed by atoms with Gasteiger partial charge in [0.2, 0.25) is 5.91 Å². The zero-order valence-corrected chi connectivity index (χ0v) is 14.6. The Morgan fingerprint density at radius 3 is 2.44 bits per heavy atom. The average Bonchev–Trinajstić information content (AvgIpc) is 3.10. The number of likely N-dealkylation sites (tertiary alicyclic amines) is 1. The zero-order chi connectivity index (χ0) is 18.1. The lowest BCUT2D eigenvalue weighted by Crippen LogP contribution is -2.40. The second-order valence-corrected chi connectivity index (χ2v) is 6.19. The topological polar surface area (TPSA) is 80.4 Å². The first kappa shape index (κ1) is 18.8. The van der Waals surface area contributed by atoms with Crippen LogP contribution < -0.4 is 4.74 Å². The van der Waals surface area contributed by atoms with Crippen molar-refractivity contribution in [3.63, 3.8) is 0 Å². The van der Waals surface area contributed by atoms with Gasteiger partial charge >= 0.3 is 0 Å². The van der Waals surface area contributed by atoms with Crippen LogP contribution in [0.15, 0.2) is 24.3 Å². The maximum Gasteiger partial charge on any atom is 0.236 e. The van der Waals surface area contributed by atoms with Crippen LogP contribution >= 0.6 is 0 Å². The van der Waals surface area contributed by atoms with Crippen molar-refractivity contribution in [2.75, 3.05) is 39.8 Å². The molecule has 6 nitrogen and oxygen atoms in total. The van der Waals surface area contributed by atoms with Gasteiger partial charge in [0.1, 0.15) is 5.75 Å². The van der Waals surface area contributed by atoms with Gasteiger partial charge in [-0.25, -0.2) is 0 Å². The number of amides is 1. The van der Waals surface area contributed by atoms with E-state index < -0.39 is 0 Å². The molecule has 1 saturated heterocycles. The lowest BCUT2D eigenvalue weighted by Gasteiger charge is -2.24. The maximum atomic E-state index is 12.5. The van der Waals surface area contributed by atoms with Crippen LogP contribution in [0.3, 0.4) is 0 Å². The number of nitrogens with zero attached hydrogens (tertiary/aromatic N) is 4. The summed E-state index contributed by atoms with van der Waals surface area (Å²) < 4.78 is 5.19. The van der Waals surface area contributed by atoms with Crippen molar-refractivity contribution in [3.05, 3.63) is 29.8 Å². The largest absolute Gasteiger partial charge is 0.497 e. The molecule has 0 bridgehead atoms. The summed E-state index contributed by atoms with van der Waals surface area (Å²) in [4.78, 5) is 16.3. The van der Waals surface area contributed by atoms with Gasteiger partial charge in [0.05, 0.1) is 38.6 Å². The lowest BCUT2D eigenvalue weighted by molar-refractivity contribution is -0.132. The molecule has 0 aliphatic carbocycles. The third-order valence-corrected chi connectivity index (χ3v) is 4.56. The fourth-order valence-corrected chi connectivity index (χ4v) is 3.15. The fourth-order valence-electron chi connectivity index (χ4n) is 3.15. The van der Waals surface area contributed by atoms with Crippen LogP contribution in [0, 0.1) is 22.7 Å². The maximum absolute atomic E-state index is 12.5. The van der Waals surface area contributed by atoms with Crippen molar-refractivity contribution in [1.82, 2.24) is 9.80 Å². The van der Waals surface area contributed by atoms with Gasteiger partial charge in [-0.1, -0.05) is 12.1 Å². The summed E-state index contributed by atoms with van der Waals surface area (Å²) in [5.41, 5.74) is 1.27. The predicted octanol–water partition coefficient (Wildman–Crippen LogP) is 2.14. The van der Waals surface area contributed by atoms with Crippen molar-refractivity contribution in [3.8, 4) is 17.9 Å². The first-order chi connectivity index (χ1) is 12.2. The molecular weight excluding hydrogens is 316 g/mol. The molecule has 1 unspecified atom stereocenters. The van der Waals surface area contributed by atoms with Crippen molar-refractivity contribution in [2.24, 2.45) is 0 Å². The molecule has 1 aliphatic rings. The van der Waals surface area contributed by atoms with E-state index in [9.17, 15) is 4.79 Å². The molecule has 1 aromatic rings. The summed E-state index contributed by atoms with van der Waals surface area (Å²) in [5.74, 6) is 1.27. The summed E-state index contributed by atoms with van der Waals surface area (Å²) in [6.07, 6.45) is 1.62. The molecule has 1 fully saturated rings. The molecule has 1 aromatic carbocycles. The Balaban J connectivity index is 1.88. The number of carbonyl (C=O) groups excluding carboxylic acids is 1. The normalized spacial score (nSPS) is 16.8. The summed E-state index contributed by atoms with van der Waals surface area (Å²) >= 11 is 0. The van der Waals surface area contributed by atoms with Crippen LogP contribution in [0.4, 0.5) is 0 Å². The third-order valence-electron chi connectivity index (χ3n) is 4.56. The second kappa shape index (κ2) is 9.66. The minimum absolute atomic E-state index is 0.000816. The molecule has 1 heterocycles. The van der Waals surface area contributed by atoms with Crippen LogP contribution in [0.1, 0.15) is 30.7 Å². The van der Waals surface area contributed by atoms with Gasteiger partial charge in [0.15, 0.2) is 0 Å². The van der Waals surface area contributed by atoms with Crippen LogP contribution in [-0.2, 0) is 4.79 Å². The minimum Gasteiger partial charge on any atom is -0.497 e. The Kier molecular flexibility index (Phi) is 7.25. The van der Waals surface area contributed by atoms with E-state index in [1.165, 1.54) is 5.56 Å². The Labute approximate surface area is 149 Å². The smallest absolute Gasteiger partial charge is 0.236 e. The van der Waals surface area contributed by atoms with E-state index in [2.05, 4.69) is 29.2 Å². The molecule has 0 radical (unpaired) electrons. The van der Waals surface area contributed by atoms with E-state index in [1.807, 2.05) is 12.1 Å². The standard InChI is InChI=1S/C19H24N4O2/c1-25-18-6-4-16(5-7-18)17-8-13-22(14-17)15-19(24)23(11-2-9-20)12-3-10-21/h4-7,17H,2-3,8,11-15H2,1H3. The van der Waals surface area contributed by atoms with E-state index in [1.54, 1.807) is 12.0 Å². The Morgan fingerprint density at radius 1 is 1.24 bits per heavy atom. The molecule has 2 rings (SSSR count). The molecule has 0 aromatic heterocycles. The molecule has 1 aliphatic heterocycles. The number of ether oxygens (including phenoxy) is 1. The van der Waals surface area contributed by atoms with Crippen molar-refractivity contribution in [1.29, 1.82) is 10.5 Å². The molecule has 132 valence electrons. The fraction of sp³-hybridized carbons (Fsp3) is 0.526. The predicted molar refractivity (Wildman–Crippen MR) is 93.8 cm³/mol. The molecule has 0 spiro atoms. The molecule has 25 heavy (non-hydrogen) atoms. The van der Waals surface area contributed by atoms with Gasteiger partial charge in [-0.15, -0.1) is 0 Å². The van der Waals surface area contributed by atoms with Crippen LogP contribution in [-0.4, -0.2) is 55.5 Å². The number of benzene rings is 1. The van der Waals surface area contributed by atoms with Crippen LogP contribution in [0.5, 0.6) is 5.75 Å². The second-order valence-electron chi connectivity index (χ2n) is 6.19.